The maximum atomic E-state index is 10.5. The van der Waals surface area contributed by atoms with Crippen molar-refractivity contribution < 1.29 is 21.2 Å². The molecule has 13 rings (SSSR count). The van der Waals surface area contributed by atoms with Gasteiger partial charge in [-0.05, 0) is 175 Å². The molecule has 2 aromatic heterocycles. The minimum atomic E-state index is -0.595. The van der Waals surface area contributed by atoms with Crippen LogP contribution < -0.4 is 14.5 Å². The quantitative estimate of drug-likeness (QED) is 0.144. The van der Waals surface area contributed by atoms with E-state index < -0.39 is 35.6 Å². The zero-order chi connectivity index (χ0) is 66.4. The molecular formula is C76H72N4O. The first-order valence-electron chi connectivity index (χ1n) is 33.9. The van der Waals surface area contributed by atoms with Crippen LogP contribution in [0.3, 0.4) is 0 Å². The van der Waals surface area contributed by atoms with E-state index in [-0.39, 0.29) is 87.5 Å². The molecule has 0 fully saturated rings. The molecule has 402 valence electrons. The molecule has 0 atom stereocenters. The number of para-hydroxylation sites is 3. The van der Waals surface area contributed by atoms with Gasteiger partial charge in [-0.3, -0.25) is 4.57 Å². The highest BCUT2D eigenvalue weighted by molar-refractivity contribution is 6.09. The number of aromatic nitrogens is 2. The average molecular weight is 1070 g/mol. The summed E-state index contributed by atoms with van der Waals surface area (Å²) in [6.07, 6.45) is 3.72. The summed E-state index contributed by atoms with van der Waals surface area (Å²) in [5.74, 6) is 1.45. The summed E-state index contributed by atoms with van der Waals surface area (Å²) in [4.78, 5) is 9.19. The first kappa shape index (κ1) is 39.7. The molecule has 0 radical (unpaired) electrons. The monoisotopic (exact) mass is 1070 g/mol. The van der Waals surface area contributed by atoms with Crippen molar-refractivity contribution in [3.63, 3.8) is 0 Å². The fraction of sp³-hybridized carbons (Fsp3) is 0.224. The molecule has 0 amide bonds. The lowest BCUT2D eigenvalue weighted by Gasteiger charge is -2.42. The number of pyridine rings is 1. The summed E-state index contributed by atoms with van der Waals surface area (Å²) < 4.78 is 120. The number of anilines is 4. The highest BCUT2D eigenvalue weighted by Crippen LogP contribution is 2.54. The lowest BCUT2D eigenvalue weighted by molar-refractivity contribution is 0.332. The van der Waals surface area contributed by atoms with Gasteiger partial charge in [-0.2, -0.15) is 0 Å². The third-order valence-corrected chi connectivity index (χ3v) is 16.6. The normalized spacial score (nSPS) is 16.9. The Hall–Kier alpha value is -8.67. The molecule has 0 N–H and O–H groups in total. The van der Waals surface area contributed by atoms with Crippen molar-refractivity contribution in [2.75, 3.05) is 16.5 Å². The zero-order valence-electron chi connectivity index (χ0n) is 59.7. The van der Waals surface area contributed by atoms with Crippen LogP contribution in [0.1, 0.15) is 121 Å². The van der Waals surface area contributed by atoms with Crippen LogP contribution in [-0.4, -0.2) is 16.2 Å². The Bertz CT molecular complexity index is 4920. The Morgan fingerprint density at radius 3 is 1.86 bits per heavy atom. The van der Waals surface area contributed by atoms with Crippen molar-refractivity contribution in [3.05, 3.63) is 240 Å². The van der Waals surface area contributed by atoms with Gasteiger partial charge in [0.25, 0.3) is 0 Å². The lowest BCUT2D eigenvalue weighted by atomic mass is 9.63. The number of hydrogen-bond acceptors (Lipinski definition) is 4. The number of rotatable bonds is 9. The van der Waals surface area contributed by atoms with E-state index in [0.717, 1.165) is 52.2 Å². The van der Waals surface area contributed by atoms with Gasteiger partial charge in [0.2, 0.25) is 0 Å². The third kappa shape index (κ3) is 9.46. The Balaban J connectivity index is 1.03. The molecule has 1 aliphatic heterocycles. The molecule has 5 nitrogen and oxygen atoms in total. The fourth-order valence-corrected chi connectivity index (χ4v) is 11.9. The number of benzene rings is 9. The molecule has 11 aromatic rings. The second-order valence-electron chi connectivity index (χ2n) is 25.0. The molecule has 0 saturated carbocycles. The number of ether oxygens (including phenoxy) is 1. The lowest BCUT2D eigenvalue weighted by Crippen LogP contribution is -2.33. The van der Waals surface area contributed by atoms with Crippen LogP contribution in [-0.2, 0) is 21.7 Å². The van der Waals surface area contributed by atoms with Gasteiger partial charge in [0.1, 0.15) is 24.0 Å². The Kier molecular flexibility index (Phi) is 9.57. The van der Waals surface area contributed by atoms with Gasteiger partial charge in [-0.15, -0.1) is 0 Å². The molecule has 1 aliphatic carbocycles. The third-order valence-electron chi connectivity index (χ3n) is 16.6. The van der Waals surface area contributed by atoms with Crippen molar-refractivity contribution >= 4 is 44.6 Å². The van der Waals surface area contributed by atoms with Crippen LogP contribution in [0, 0.1) is 0 Å². The van der Waals surface area contributed by atoms with Crippen molar-refractivity contribution in [2.24, 2.45) is 0 Å². The SMILES string of the molecule is [2H]c1c([2H])c([2H])c(-c2c([2H])c(-c3ccccc3)c([2H])c(-c3cc(C(C)(C)C)cc(-c4ccc5c(c4)C(C)(C)CCC5(C)C)c3N3CN(c4cccc(Oc5ccc6c7c([2H])c([2H])c([2H])c([2H])c7n(-c7cc(C(C)(C)C)ccn7)c6c5)c4)c4ccccc43)c2[2H])c([2H])c1[2H]. The largest absolute Gasteiger partial charge is 0.457 e. The van der Waals surface area contributed by atoms with E-state index >= 15 is 0 Å². The van der Waals surface area contributed by atoms with Crippen LogP contribution in [0.5, 0.6) is 11.5 Å². The second-order valence-corrected chi connectivity index (χ2v) is 25.0. The van der Waals surface area contributed by atoms with E-state index in [0.29, 0.717) is 55.9 Å². The van der Waals surface area contributed by atoms with Crippen molar-refractivity contribution in [1.82, 2.24) is 9.55 Å². The smallest absolute Gasteiger partial charge is 0.137 e. The van der Waals surface area contributed by atoms with Gasteiger partial charge >= 0.3 is 0 Å². The minimum Gasteiger partial charge on any atom is -0.457 e. The number of hydrogen-bond donors (Lipinski definition) is 0. The van der Waals surface area contributed by atoms with Gasteiger partial charge in [0, 0.05) is 45.9 Å². The van der Waals surface area contributed by atoms with Crippen LogP contribution in [0.2, 0.25) is 0 Å². The van der Waals surface area contributed by atoms with E-state index in [2.05, 4.69) is 115 Å². The van der Waals surface area contributed by atoms with Crippen LogP contribution in [0.25, 0.3) is 72.1 Å². The first-order chi connectivity index (χ1) is 43.9. The van der Waals surface area contributed by atoms with Gasteiger partial charge < -0.3 is 14.5 Å². The Morgan fingerprint density at radius 1 is 0.481 bits per heavy atom. The van der Waals surface area contributed by atoms with Crippen LogP contribution in [0.15, 0.2) is 218 Å². The van der Waals surface area contributed by atoms with Gasteiger partial charge in [-0.25, -0.2) is 4.98 Å². The van der Waals surface area contributed by atoms with Crippen molar-refractivity contribution in [2.45, 2.75) is 104 Å². The molecule has 9 aromatic carbocycles. The predicted molar refractivity (Wildman–Crippen MR) is 342 cm³/mol. The highest BCUT2D eigenvalue weighted by atomic mass is 16.5. The maximum Gasteiger partial charge on any atom is 0.137 e. The Morgan fingerprint density at radius 2 is 1.12 bits per heavy atom. The van der Waals surface area contributed by atoms with Gasteiger partial charge in [0.05, 0.1) is 44.5 Å². The first-order valence-corrected chi connectivity index (χ1v) is 27.9. The molecule has 0 spiro atoms. The molecule has 0 unspecified atom stereocenters. The minimum absolute atomic E-state index is 0.0928. The fourth-order valence-electron chi connectivity index (χ4n) is 11.9. The summed E-state index contributed by atoms with van der Waals surface area (Å²) in [5.41, 5.74) is 9.92. The van der Waals surface area contributed by atoms with Crippen molar-refractivity contribution in [3.8, 4) is 61.8 Å². The van der Waals surface area contributed by atoms with E-state index in [1.807, 2.05) is 84.9 Å². The van der Waals surface area contributed by atoms with Gasteiger partial charge in [-0.1, -0.05) is 184 Å². The van der Waals surface area contributed by atoms with Crippen molar-refractivity contribution in [1.29, 1.82) is 0 Å². The summed E-state index contributed by atoms with van der Waals surface area (Å²) >= 11 is 0. The predicted octanol–water partition coefficient (Wildman–Crippen LogP) is 20.8. The number of fused-ring (bicyclic) bond motifs is 5. The molecule has 0 saturated heterocycles. The van der Waals surface area contributed by atoms with E-state index in [9.17, 15) is 8.22 Å². The summed E-state index contributed by atoms with van der Waals surface area (Å²) in [7, 11) is 0. The standard InChI is InChI=1S/C76H72N4O/c1-73(2,3)56-36-39-77-71(46-56)80-67-29-18-17-28-61(67)62-34-33-60(48-70(62)80)81-59-27-21-26-58(47-59)78-49-79(69-31-20-19-30-68(69)78)72-63(52-32-35-65-66(43-52)76(9,10)38-37-75(65,7)8)44-57(74(4,5)6)45-64(72)55-41-53(50-22-13-11-14-23-50)40-54(42-55)51-24-15-12-16-25-51/h11-36,39-48H,37-38,49H2,1-10H3/i11D,13D,14D,17D,18D,22D,23D,28D,29D,40D,41D,42D. The molecule has 81 heavy (non-hydrogen) atoms. The van der Waals surface area contributed by atoms with Crippen LogP contribution >= 0.6 is 0 Å². The molecular weight excluding hydrogens is 985 g/mol. The molecule has 3 heterocycles. The van der Waals surface area contributed by atoms with E-state index in [4.69, 9.17) is 17.9 Å². The molecule has 2 aliphatic rings. The average Bonchev–Trinajstić information content (AvgIpc) is 1.72. The Labute approximate surface area is 496 Å². The summed E-state index contributed by atoms with van der Waals surface area (Å²) in [5, 5.41) is 0.986. The topological polar surface area (TPSA) is 33.5 Å². The zero-order valence-corrected chi connectivity index (χ0v) is 47.7. The second kappa shape index (κ2) is 19.6. The molecule has 0 bridgehead atoms. The van der Waals surface area contributed by atoms with E-state index in [1.165, 1.54) is 11.1 Å². The maximum absolute atomic E-state index is 10.5. The van der Waals surface area contributed by atoms with E-state index in [1.54, 1.807) is 29.0 Å². The summed E-state index contributed by atoms with van der Waals surface area (Å²) in [6.45, 7) is 22.1. The highest BCUT2D eigenvalue weighted by Gasteiger charge is 2.38. The summed E-state index contributed by atoms with van der Waals surface area (Å²) in [6, 6.07) is 40.7. The van der Waals surface area contributed by atoms with Gasteiger partial charge in [0.15, 0.2) is 0 Å². The number of nitrogens with zero attached hydrogens (tertiary/aromatic N) is 4. The molecule has 5 heteroatoms. The van der Waals surface area contributed by atoms with Crippen LogP contribution in [0.4, 0.5) is 22.7 Å².